The van der Waals surface area contributed by atoms with Crippen LogP contribution in [0.3, 0.4) is 0 Å². The minimum Gasteiger partial charge on any atom is -0.348 e. The molecule has 0 aromatic heterocycles. The summed E-state index contributed by atoms with van der Waals surface area (Å²) in [4.78, 5) is 12.7. The van der Waals surface area contributed by atoms with E-state index in [0.717, 1.165) is 19.3 Å². The highest BCUT2D eigenvalue weighted by Gasteiger charge is 2.28. The van der Waals surface area contributed by atoms with Crippen molar-refractivity contribution in [1.29, 1.82) is 0 Å². The van der Waals surface area contributed by atoms with Crippen LogP contribution in [-0.2, 0) is 0 Å². The van der Waals surface area contributed by atoms with Crippen LogP contribution in [0.5, 0.6) is 0 Å². The lowest BCUT2D eigenvalue weighted by Gasteiger charge is -2.35. The number of rotatable bonds is 5. The van der Waals surface area contributed by atoms with Gasteiger partial charge in [0.1, 0.15) is 0 Å². The van der Waals surface area contributed by atoms with E-state index in [0.29, 0.717) is 10.6 Å². The number of fused-ring (bicyclic) bond motifs is 1. The quantitative estimate of drug-likeness (QED) is 0.486. The molecule has 1 amide bonds. The van der Waals surface area contributed by atoms with Crippen LogP contribution in [0.4, 0.5) is 0 Å². The molecular weight excluding hydrogens is 415 g/mol. The predicted molar refractivity (Wildman–Crippen MR) is 128 cm³/mol. The number of carbonyl (C=O) groups excluding carboxylic acids is 1. The van der Waals surface area contributed by atoms with Crippen molar-refractivity contribution in [1.82, 2.24) is 10.6 Å². The van der Waals surface area contributed by atoms with Gasteiger partial charge in [0.2, 0.25) is 0 Å². The van der Waals surface area contributed by atoms with Crippen LogP contribution in [0.2, 0.25) is 5.02 Å². The molecule has 0 aliphatic heterocycles. The summed E-state index contributed by atoms with van der Waals surface area (Å²) in [5, 5.41) is 10.2. The van der Waals surface area contributed by atoms with Gasteiger partial charge in [-0.1, -0.05) is 66.9 Å². The molecule has 3 atom stereocenters. The standard InChI is InChI=1S/C25H27ClN2O.ClH/c1-17(21-10-6-8-18-7-2-3-9-22(18)21)27-23-11-4-5-12-24(23)28-25(29)19-13-15-20(26)16-14-19;/h2-3,6-10,13-17,23-24,27H,4-5,11-12H2,1H3,(H,28,29);1H. The fourth-order valence-electron chi connectivity index (χ4n) is 4.40. The molecule has 30 heavy (non-hydrogen) atoms. The molecule has 0 radical (unpaired) electrons. The molecule has 0 bridgehead atoms. The van der Waals surface area contributed by atoms with Crippen molar-refractivity contribution in [3.05, 3.63) is 82.9 Å². The van der Waals surface area contributed by atoms with E-state index in [9.17, 15) is 4.79 Å². The molecule has 1 aliphatic carbocycles. The number of nitrogens with one attached hydrogen (secondary N) is 2. The van der Waals surface area contributed by atoms with E-state index in [-0.39, 0.29) is 36.4 Å². The van der Waals surface area contributed by atoms with Crippen molar-refractivity contribution in [2.45, 2.75) is 50.7 Å². The van der Waals surface area contributed by atoms with Crippen molar-refractivity contribution >= 4 is 40.7 Å². The highest BCUT2D eigenvalue weighted by atomic mass is 35.5. The third-order valence-electron chi connectivity index (χ3n) is 5.94. The lowest BCUT2D eigenvalue weighted by Crippen LogP contribution is -2.52. The fourth-order valence-corrected chi connectivity index (χ4v) is 4.52. The van der Waals surface area contributed by atoms with Gasteiger partial charge in [-0.2, -0.15) is 0 Å². The zero-order valence-corrected chi connectivity index (χ0v) is 18.7. The number of amides is 1. The Morgan fingerprint density at radius 2 is 1.60 bits per heavy atom. The minimum atomic E-state index is -0.0295. The van der Waals surface area contributed by atoms with Gasteiger partial charge in [-0.25, -0.2) is 0 Å². The monoisotopic (exact) mass is 442 g/mol. The van der Waals surface area contributed by atoms with E-state index in [2.05, 4.69) is 60.0 Å². The van der Waals surface area contributed by atoms with Gasteiger partial charge in [0.25, 0.3) is 5.91 Å². The lowest BCUT2D eigenvalue weighted by molar-refractivity contribution is 0.0913. The maximum Gasteiger partial charge on any atom is 0.251 e. The summed E-state index contributed by atoms with van der Waals surface area (Å²) in [6, 6.07) is 22.7. The molecule has 2 N–H and O–H groups in total. The van der Waals surface area contributed by atoms with E-state index in [4.69, 9.17) is 11.6 Å². The average Bonchev–Trinajstić information content (AvgIpc) is 2.75. The molecule has 3 unspecified atom stereocenters. The Bertz CT molecular complexity index is 985. The molecule has 3 aromatic carbocycles. The summed E-state index contributed by atoms with van der Waals surface area (Å²) in [7, 11) is 0. The third kappa shape index (κ3) is 5.15. The van der Waals surface area contributed by atoms with E-state index >= 15 is 0 Å². The first-order valence-electron chi connectivity index (χ1n) is 10.4. The van der Waals surface area contributed by atoms with Gasteiger partial charge in [-0.3, -0.25) is 4.79 Å². The Morgan fingerprint density at radius 3 is 2.37 bits per heavy atom. The largest absolute Gasteiger partial charge is 0.348 e. The second-order valence-electron chi connectivity index (χ2n) is 7.93. The molecule has 1 aliphatic rings. The topological polar surface area (TPSA) is 41.1 Å². The van der Waals surface area contributed by atoms with Gasteiger partial charge in [-0.15, -0.1) is 12.4 Å². The normalized spacial score (nSPS) is 19.7. The summed E-state index contributed by atoms with van der Waals surface area (Å²) >= 11 is 5.95. The van der Waals surface area contributed by atoms with E-state index in [1.165, 1.54) is 22.8 Å². The molecule has 3 aromatic rings. The summed E-state index contributed by atoms with van der Waals surface area (Å²) in [6.07, 6.45) is 4.40. The maximum absolute atomic E-state index is 12.7. The molecule has 4 rings (SSSR count). The number of halogens is 2. The van der Waals surface area contributed by atoms with E-state index in [1.807, 2.05) is 0 Å². The van der Waals surface area contributed by atoms with Gasteiger partial charge in [0, 0.05) is 28.7 Å². The van der Waals surface area contributed by atoms with Crippen LogP contribution in [0.15, 0.2) is 66.7 Å². The minimum absolute atomic E-state index is 0. The van der Waals surface area contributed by atoms with Crippen molar-refractivity contribution in [3.8, 4) is 0 Å². The van der Waals surface area contributed by atoms with Crippen molar-refractivity contribution < 1.29 is 4.79 Å². The number of hydrogen-bond donors (Lipinski definition) is 2. The first-order valence-corrected chi connectivity index (χ1v) is 10.8. The van der Waals surface area contributed by atoms with Crippen molar-refractivity contribution in [3.63, 3.8) is 0 Å². The highest BCUT2D eigenvalue weighted by molar-refractivity contribution is 6.30. The average molecular weight is 443 g/mol. The van der Waals surface area contributed by atoms with Gasteiger partial charge in [0.05, 0.1) is 0 Å². The number of hydrogen-bond acceptors (Lipinski definition) is 2. The predicted octanol–water partition coefficient (Wildman–Crippen LogP) is 6.31. The Morgan fingerprint density at radius 1 is 0.933 bits per heavy atom. The zero-order chi connectivity index (χ0) is 20.2. The first kappa shape index (κ1) is 22.6. The summed E-state index contributed by atoms with van der Waals surface area (Å²) < 4.78 is 0. The molecule has 1 fully saturated rings. The zero-order valence-electron chi connectivity index (χ0n) is 17.1. The van der Waals surface area contributed by atoms with Gasteiger partial charge in [0.15, 0.2) is 0 Å². The van der Waals surface area contributed by atoms with Crippen LogP contribution in [-0.4, -0.2) is 18.0 Å². The molecule has 0 saturated heterocycles. The molecule has 0 spiro atoms. The Kier molecular flexibility index (Phi) is 7.76. The molecule has 3 nitrogen and oxygen atoms in total. The second-order valence-corrected chi connectivity index (χ2v) is 8.37. The van der Waals surface area contributed by atoms with Crippen LogP contribution in [0.1, 0.15) is 54.6 Å². The Hall–Kier alpha value is -2.07. The second kappa shape index (κ2) is 10.3. The third-order valence-corrected chi connectivity index (χ3v) is 6.19. The van der Waals surface area contributed by atoms with Crippen LogP contribution < -0.4 is 10.6 Å². The number of benzene rings is 3. The van der Waals surface area contributed by atoms with E-state index in [1.54, 1.807) is 24.3 Å². The van der Waals surface area contributed by atoms with Gasteiger partial charge >= 0.3 is 0 Å². The van der Waals surface area contributed by atoms with Gasteiger partial charge in [-0.05, 0) is 60.4 Å². The van der Waals surface area contributed by atoms with Crippen molar-refractivity contribution in [2.24, 2.45) is 0 Å². The molecule has 5 heteroatoms. The summed E-state index contributed by atoms with van der Waals surface area (Å²) in [5.41, 5.74) is 1.96. The summed E-state index contributed by atoms with van der Waals surface area (Å²) in [5.74, 6) is -0.0295. The fraction of sp³-hybridized carbons (Fsp3) is 0.320. The molecule has 1 saturated carbocycles. The highest BCUT2D eigenvalue weighted by Crippen LogP contribution is 2.27. The SMILES string of the molecule is CC(NC1CCCCC1NC(=O)c1ccc(Cl)cc1)c1cccc2ccccc12.Cl. The van der Waals surface area contributed by atoms with Gasteiger partial charge < -0.3 is 10.6 Å². The van der Waals surface area contributed by atoms with Crippen molar-refractivity contribution in [2.75, 3.05) is 0 Å². The van der Waals surface area contributed by atoms with E-state index < -0.39 is 0 Å². The van der Waals surface area contributed by atoms with Crippen LogP contribution >= 0.6 is 24.0 Å². The number of carbonyl (C=O) groups is 1. The molecule has 0 heterocycles. The molecular formula is C25H28Cl2N2O. The first-order chi connectivity index (χ1) is 14.1. The smallest absolute Gasteiger partial charge is 0.251 e. The lowest BCUT2D eigenvalue weighted by atomic mass is 9.88. The summed E-state index contributed by atoms with van der Waals surface area (Å²) in [6.45, 7) is 2.22. The van der Waals surface area contributed by atoms with Crippen LogP contribution in [0.25, 0.3) is 10.8 Å². The Labute approximate surface area is 189 Å². The van der Waals surface area contributed by atoms with Crippen LogP contribution in [0, 0.1) is 0 Å². The molecule has 158 valence electrons. The Balaban J connectivity index is 0.00000256. The maximum atomic E-state index is 12.7.